The Morgan fingerprint density at radius 2 is 1.86 bits per heavy atom. The van der Waals surface area contributed by atoms with Crippen LogP contribution in [0.3, 0.4) is 0 Å². The summed E-state index contributed by atoms with van der Waals surface area (Å²) in [5.74, 6) is -0.496. The number of anilines is 1. The van der Waals surface area contributed by atoms with Crippen LogP contribution in [0.15, 0.2) is 61.2 Å². The SMILES string of the molecule is C=CCNC(=O)c1ccccc1NC(=O)c1cccc(CN2CCOCC2)c1. The molecule has 1 fully saturated rings. The summed E-state index contributed by atoms with van der Waals surface area (Å²) in [6.07, 6.45) is 1.61. The smallest absolute Gasteiger partial charge is 0.255 e. The Balaban J connectivity index is 1.70. The minimum absolute atomic E-state index is 0.243. The van der Waals surface area contributed by atoms with Crippen LogP contribution in [0.4, 0.5) is 5.69 Å². The van der Waals surface area contributed by atoms with Crippen LogP contribution in [-0.2, 0) is 11.3 Å². The molecule has 3 rings (SSSR count). The van der Waals surface area contributed by atoms with Crippen molar-refractivity contribution < 1.29 is 14.3 Å². The summed E-state index contributed by atoms with van der Waals surface area (Å²) in [6, 6.07) is 14.5. The van der Waals surface area contributed by atoms with Crippen LogP contribution in [0.1, 0.15) is 26.3 Å². The molecule has 6 heteroatoms. The first kappa shape index (κ1) is 19.8. The Morgan fingerprint density at radius 3 is 2.64 bits per heavy atom. The van der Waals surface area contributed by atoms with Crippen LogP contribution in [0.5, 0.6) is 0 Å². The Hall–Kier alpha value is -2.96. The highest BCUT2D eigenvalue weighted by Crippen LogP contribution is 2.17. The van der Waals surface area contributed by atoms with Gasteiger partial charge in [0.2, 0.25) is 0 Å². The molecular formula is C22H25N3O3. The Bertz CT molecular complexity index is 844. The van der Waals surface area contributed by atoms with Crippen LogP contribution in [0.25, 0.3) is 0 Å². The maximum Gasteiger partial charge on any atom is 0.255 e. The molecule has 28 heavy (non-hydrogen) atoms. The molecule has 2 aromatic carbocycles. The third-order valence-corrected chi connectivity index (χ3v) is 4.53. The predicted octanol–water partition coefficient (Wildman–Crippen LogP) is 2.69. The number of ether oxygens (including phenoxy) is 1. The number of morpholine rings is 1. The van der Waals surface area contributed by atoms with Crippen molar-refractivity contribution in [1.82, 2.24) is 10.2 Å². The third-order valence-electron chi connectivity index (χ3n) is 4.53. The summed E-state index contributed by atoms with van der Waals surface area (Å²) in [5, 5.41) is 5.59. The molecule has 0 aliphatic carbocycles. The zero-order valence-corrected chi connectivity index (χ0v) is 15.8. The Morgan fingerprint density at radius 1 is 1.07 bits per heavy atom. The largest absolute Gasteiger partial charge is 0.379 e. The quantitative estimate of drug-likeness (QED) is 0.726. The number of amides is 2. The van der Waals surface area contributed by atoms with Crippen molar-refractivity contribution in [3.05, 3.63) is 77.9 Å². The van der Waals surface area contributed by atoms with E-state index in [9.17, 15) is 9.59 Å². The molecule has 1 aliphatic heterocycles. The molecule has 1 aliphatic rings. The average Bonchev–Trinajstić information content (AvgIpc) is 2.73. The lowest BCUT2D eigenvalue weighted by molar-refractivity contribution is 0.0342. The van der Waals surface area contributed by atoms with Gasteiger partial charge >= 0.3 is 0 Å². The molecule has 146 valence electrons. The zero-order chi connectivity index (χ0) is 19.8. The standard InChI is InChI=1S/C22H25N3O3/c1-2-10-23-22(27)19-8-3-4-9-20(19)24-21(26)18-7-5-6-17(15-18)16-25-11-13-28-14-12-25/h2-9,15H,1,10-14,16H2,(H,23,27)(H,24,26). The average molecular weight is 379 g/mol. The Labute approximate surface area is 165 Å². The molecular weight excluding hydrogens is 354 g/mol. The maximum atomic E-state index is 12.8. The van der Waals surface area contributed by atoms with E-state index in [4.69, 9.17) is 4.74 Å². The highest BCUT2D eigenvalue weighted by atomic mass is 16.5. The second kappa shape index (κ2) is 9.82. The van der Waals surface area contributed by atoms with Crippen LogP contribution in [-0.4, -0.2) is 49.6 Å². The number of nitrogens with zero attached hydrogens (tertiary/aromatic N) is 1. The van der Waals surface area contributed by atoms with Crippen molar-refractivity contribution in [3.8, 4) is 0 Å². The summed E-state index contributed by atoms with van der Waals surface area (Å²) in [7, 11) is 0. The highest BCUT2D eigenvalue weighted by Gasteiger charge is 2.15. The highest BCUT2D eigenvalue weighted by molar-refractivity contribution is 6.09. The van der Waals surface area contributed by atoms with E-state index in [0.29, 0.717) is 23.4 Å². The summed E-state index contributed by atoms with van der Waals surface area (Å²) in [4.78, 5) is 27.4. The molecule has 0 unspecified atom stereocenters. The summed E-state index contributed by atoms with van der Waals surface area (Å²) in [6.45, 7) is 8.01. The monoisotopic (exact) mass is 379 g/mol. The maximum absolute atomic E-state index is 12.8. The van der Waals surface area contributed by atoms with E-state index in [1.807, 2.05) is 18.2 Å². The number of carbonyl (C=O) groups excluding carboxylic acids is 2. The van der Waals surface area contributed by atoms with Gasteiger partial charge in [-0.05, 0) is 29.8 Å². The van der Waals surface area contributed by atoms with Gasteiger partial charge in [-0.25, -0.2) is 0 Å². The van der Waals surface area contributed by atoms with Gasteiger partial charge in [-0.1, -0.05) is 30.3 Å². The second-order valence-electron chi connectivity index (χ2n) is 6.59. The summed E-state index contributed by atoms with van der Waals surface area (Å²) in [5.41, 5.74) is 2.54. The first-order chi connectivity index (χ1) is 13.7. The van der Waals surface area contributed by atoms with E-state index in [0.717, 1.165) is 38.4 Å². The van der Waals surface area contributed by atoms with Gasteiger partial charge in [-0.2, -0.15) is 0 Å². The molecule has 0 aromatic heterocycles. The minimum Gasteiger partial charge on any atom is -0.379 e. The molecule has 0 saturated carbocycles. The first-order valence-electron chi connectivity index (χ1n) is 9.36. The van der Waals surface area contributed by atoms with Gasteiger partial charge in [0.05, 0.1) is 24.5 Å². The lowest BCUT2D eigenvalue weighted by atomic mass is 10.1. The fraction of sp³-hybridized carbons (Fsp3) is 0.273. The molecule has 0 radical (unpaired) electrons. The van der Waals surface area contributed by atoms with Gasteiger partial charge in [0.15, 0.2) is 0 Å². The number of para-hydroxylation sites is 1. The Kier molecular flexibility index (Phi) is 6.94. The lowest BCUT2D eigenvalue weighted by Gasteiger charge is -2.26. The predicted molar refractivity (Wildman–Crippen MR) is 109 cm³/mol. The van der Waals surface area contributed by atoms with Crippen LogP contribution < -0.4 is 10.6 Å². The van der Waals surface area contributed by atoms with Gasteiger partial charge in [0.1, 0.15) is 0 Å². The van der Waals surface area contributed by atoms with E-state index in [1.165, 1.54) is 0 Å². The van der Waals surface area contributed by atoms with Gasteiger partial charge < -0.3 is 15.4 Å². The number of hydrogen-bond acceptors (Lipinski definition) is 4. The van der Waals surface area contributed by atoms with Crippen molar-refractivity contribution in [3.63, 3.8) is 0 Å². The third kappa shape index (κ3) is 5.28. The van der Waals surface area contributed by atoms with E-state index in [1.54, 1.807) is 36.4 Å². The van der Waals surface area contributed by atoms with Crippen LogP contribution in [0, 0.1) is 0 Å². The number of hydrogen-bond donors (Lipinski definition) is 2. The number of carbonyl (C=O) groups is 2. The second-order valence-corrected chi connectivity index (χ2v) is 6.59. The fourth-order valence-corrected chi connectivity index (χ4v) is 3.07. The van der Waals surface area contributed by atoms with Crippen molar-refractivity contribution in [2.24, 2.45) is 0 Å². The normalized spacial score (nSPS) is 14.3. The molecule has 6 nitrogen and oxygen atoms in total. The molecule has 0 bridgehead atoms. The molecule has 0 spiro atoms. The summed E-state index contributed by atoms with van der Waals surface area (Å²) < 4.78 is 5.38. The number of rotatable bonds is 7. The van der Waals surface area contributed by atoms with Crippen molar-refractivity contribution in [2.45, 2.75) is 6.54 Å². The molecule has 2 N–H and O–H groups in total. The van der Waals surface area contributed by atoms with Gasteiger partial charge in [0.25, 0.3) is 11.8 Å². The topological polar surface area (TPSA) is 70.7 Å². The molecule has 1 saturated heterocycles. The zero-order valence-electron chi connectivity index (χ0n) is 15.8. The van der Waals surface area contributed by atoms with Crippen LogP contribution >= 0.6 is 0 Å². The van der Waals surface area contributed by atoms with E-state index in [-0.39, 0.29) is 11.8 Å². The summed E-state index contributed by atoms with van der Waals surface area (Å²) >= 11 is 0. The first-order valence-corrected chi connectivity index (χ1v) is 9.36. The molecule has 2 amide bonds. The van der Waals surface area contributed by atoms with E-state index >= 15 is 0 Å². The van der Waals surface area contributed by atoms with E-state index < -0.39 is 0 Å². The van der Waals surface area contributed by atoms with Gasteiger partial charge in [-0.15, -0.1) is 6.58 Å². The van der Waals surface area contributed by atoms with E-state index in [2.05, 4.69) is 22.1 Å². The van der Waals surface area contributed by atoms with Crippen molar-refractivity contribution >= 4 is 17.5 Å². The fourth-order valence-electron chi connectivity index (χ4n) is 3.07. The number of benzene rings is 2. The minimum atomic E-state index is -0.253. The van der Waals surface area contributed by atoms with Gasteiger partial charge in [-0.3, -0.25) is 14.5 Å². The van der Waals surface area contributed by atoms with Crippen LogP contribution in [0.2, 0.25) is 0 Å². The van der Waals surface area contributed by atoms with Gasteiger partial charge in [0, 0.05) is 31.7 Å². The molecule has 2 aromatic rings. The molecule has 0 atom stereocenters. The van der Waals surface area contributed by atoms with Crippen molar-refractivity contribution in [2.75, 3.05) is 38.2 Å². The van der Waals surface area contributed by atoms with Crippen molar-refractivity contribution in [1.29, 1.82) is 0 Å². The lowest BCUT2D eigenvalue weighted by Crippen LogP contribution is -2.35. The molecule has 1 heterocycles. The number of nitrogens with one attached hydrogen (secondary N) is 2.